The molecule has 0 radical (unpaired) electrons. The first-order valence-electron chi connectivity index (χ1n) is 3.43. The molecule has 70 valence electrons. The minimum absolute atomic E-state index is 0. The summed E-state index contributed by atoms with van der Waals surface area (Å²) in [5.74, 6) is 0. The van der Waals surface area contributed by atoms with Crippen molar-refractivity contribution in [3.63, 3.8) is 0 Å². The smallest absolute Gasteiger partial charge is 0.0594 e. The summed E-state index contributed by atoms with van der Waals surface area (Å²) in [6.07, 6.45) is 0. The summed E-state index contributed by atoms with van der Waals surface area (Å²) in [7, 11) is 0. The van der Waals surface area contributed by atoms with Crippen LogP contribution in [0.25, 0.3) is 0 Å². The molecule has 0 saturated carbocycles. The highest BCUT2D eigenvalue weighted by molar-refractivity contribution is 4.60. The van der Waals surface area contributed by atoms with Crippen LogP contribution in [0.5, 0.6) is 0 Å². The Hall–Kier alpha value is -0.200. The monoisotopic (exact) mass is 164 g/mol. The molecular weight excluding hydrogens is 144 g/mol. The van der Waals surface area contributed by atoms with Crippen molar-refractivity contribution in [1.82, 2.24) is 17.2 Å². The zero-order valence-corrected chi connectivity index (χ0v) is 7.09. The molecule has 0 aromatic heterocycles. The number of morpholine rings is 1. The zero-order chi connectivity index (χ0) is 6.53. The molecule has 0 aromatic rings. The predicted molar refractivity (Wildman–Crippen MR) is 46.4 cm³/mol. The van der Waals surface area contributed by atoms with Crippen molar-refractivity contribution in [1.29, 1.82) is 0 Å². The van der Waals surface area contributed by atoms with Gasteiger partial charge < -0.3 is 22.8 Å². The lowest BCUT2D eigenvalue weighted by atomic mass is 10.4. The van der Waals surface area contributed by atoms with Crippen LogP contribution < -0.4 is 18.0 Å². The van der Waals surface area contributed by atoms with E-state index in [9.17, 15) is 0 Å². The van der Waals surface area contributed by atoms with E-state index >= 15 is 0 Å². The van der Waals surface area contributed by atoms with Gasteiger partial charge in [-0.05, 0) is 0 Å². The highest BCUT2D eigenvalue weighted by Gasteiger charge is 2.07. The highest BCUT2D eigenvalue weighted by atomic mass is 16.5. The predicted octanol–water partition coefficient (Wildman–Crippen LogP) is -0.399. The van der Waals surface area contributed by atoms with Gasteiger partial charge in [-0.25, -0.2) is 0 Å². The van der Waals surface area contributed by atoms with Crippen LogP contribution in [0.1, 0.15) is 0 Å². The molecule has 1 heterocycles. The number of ether oxygens (including phenoxy) is 1. The molecule has 1 fully saturated rings. The fourth-order valence-electron chi connectivity index (χ4n) is 1.01. The molecule has 0 atom stereocenters. The topological polar surface area (TPSA) is 108 Å². The second-order valence-corrected chi connectivity index (χ2v) is 2.24. The normalized spacial score (nSPS) is 18.3. The lowest BCUT2D eigenvalue weighted by molar-refractivity contribution is 0.0394. The maximum absolute atomic E-state index is 5.38. The summed E-state index contributed by atoms with van der Waals surface area (Å²) in [6.45, 7) is 5.64. The minimum Gasteiger partial charge on any atom is -0.379 e. The van der Waals surface area contributed by atoms with E-state index in [0.29, 0.717) is 0 Å². The molecule has 1 rings (SSSR count). The van der Waals surface area contributed by atoms with Crippen molar-refractivity contribution in [2.45, 2.75) is 0 Å². The van der Waals surface area contributed by atoms with Crippen LogP contribution in [0.2, 0.25) is 0 Å². The van der Waals surface area contributed by atoms with Gasteiger partial charge in [-0.15, -0.1) is 0 Å². The van der Waals surface area contributed by atoms with Gasteiger partial charge in [0, 0.05) is 26.2 Å². The van der Waals surface area contributed by atoms with E-state index < -0.39 is 0 Å². The molecule has 0 amide bonds. The summed E-state index contributed by atoms with van der Waals surface area (Å²) >= 11 is 0. The molecule has 8 N–H and O–H groups in total. The van der Waals surface area contributed by atoms with Crippen molar-refractivity contribution in [3.8, 4) is 0 Å². The van der Waals surface area contributed by atoms with Crippen LogP contribution in [0.4, 0.5) is 0 Å². The average molecular weight is 164 g/mol. The van der Waals surface area contributed by atoms with Gasteiger partial charge in [0.1, 0.15) is 0 Å². The van der Waals surface area contributed by atoms with Crippen molar-refractivity contribution in [2.75, 3.05) is 39.4 Å². The maximum atomic E-state index is 5.38. The van der Waals surface area contributed by atoms with Crippen LogP contribution in [-0.2, 0) is 4.74 Å². The zero-order valence-electron chi connectivity index (χ0n) is 7.09. The van der Waals surface area contributed by atoms with Gasteiger partial charge in [0.25, 0.3) is 0 Å². The van der Waals surface area contributed by atoms with Crippen molar-refractivity contribution < 1.29 is 4.74 Å². The van der Waals surface area contributed by atoms with Gasteiger partial charge in [-0.2, -0.15) is 0 Å². The summed E-state index contributed by atoms with van der Waals surface area (Å²) in [5.41, 5.74) is 5.38. The maximum Gasteiger partial charge on any atom is 0.0594 e. The van der Waals surface area contributed by atoms with Gasteiger partial charge in [0.15, 0.2) is 0 Å². The number of nitrogens with two attached hydrogens (primary N) is 1. The van der Waals surface area contributed by atoms with E-state index in [2.05, 4.69) is 4.90 Å². The van der Waals surface area contributed by atoms with Crippen molar-refractivity contribution >= 4 is 0 Å². The number of hydrogen-bond donors (Lipinski definition) is 3. The first-order chi connectivity index (χ1) is 4.43. The third-order valence-electron chi connectivity index (χ3n) is 1.55. The molecular formula is C6H20N4O. The summed E-state index contributed by atoms with van der Waals surface area (Å²) in [6, 6.07) is 0. The van der Waals surface area contributed by atoms with E-state index in [1.807, 2.05) is 0 Å². The minimum atomic E-state index is 0. The molecule has 0 spiro atoms. The summed E-state index contributed by atoms with van der Waals surface area (Å²) in [4.78, 5) is 2.32. The first kappa shape index (κ1) is 13.4. The Balaban J connectivity index is 0. The summed E-state index contributed by atoms with van der Waals surface area (Å²) < 4.78 is 5.16. The van der Waals surface area contributed by atoms with Crippen LogP contribution >= 0.6 is 0 Å². The Kier molecular flexibility index (Phi) is 9.62. The first-order valence-corrected chi connectivity index (χ1v) is 3.43. The number of rotatable bonds is 2. The molecule has 0 bridgehead atoms. The van der Waals surface area contributed by atoms with Crippen LogP contribution in [-0.4, -0.2) is 44.3 Å². The van der Waals surface area contributed by atoms with E-state index in [1.165, 1.54) is 0 Å². The number of hydrogen-bond acceptors (Lipinski definition) is 5. The van der Waals surface area contributed by atoms with E-state index in [0.717, 1.165) is 39.4 Å². The van der Waals surface area contributed by atoms with Gasteiger partial charge in [0.2, 0.25) is 0 Å². The average Bonchev–Trinajstić information content (AvgIpc) is 1.91. The molecule has 1 aliphatic heterocycles. The molecule has 0 aromatic carbocycles. The van der Waals surface area contributed by atoms with Gasteiger partial charge >= 0.3 is 0 Å². The van der Waals surface area contributed by atoms with E-state index in [4.69, 9.17) is 10.5 Å². The molecule has 11 heavy (non-hydrogen) atoms. The third kappa shape index (κ3) is 5.11. The third-order valence-corrected chi connectivity index (χ3v) is 1.55. The standard InChI is InChI=1S/C6H14N2O.2H3N/c7-1-2-8-3-5-9-6-4-8;;/h1-7H2;2*1H3. The SMILES string of the molecule is N.N.NCCN1CCOCC1. The molecule has 5 nitrogen and oxygen atoms in total. The Labute approximate surface area is 68.0 Å². The fraction of sp³-hybridized carbons (Fsp3) is 1.00. The van der Waals surface area contributed by atoms with Gasteiger partial charge in [-0.1, -0.05) is 0 Å². The Morgan fingerprint density at radius 2 is 1.73 bits per heavy atom. The Morgan fingerprint density at radius 3 is 2.18 bits per heavy atom. The Morgan fingerprint density at radius 1 is 1.18 bits per heavy atom. The van der Waals surface area contributed by atoms with Gasteiger partial charge in [-0.3, -0.25) is 4.90 Å². The van der Waals surface area contributed by atoms with Crippen LogP contribution in [0.15, 0.2) is 0 Å². The molecule has 0 unspecified atom stereocenters. The second-order valence-electron chi connectivity index (χ2n) is 2.24. The van der Waals surface area contributed by atoms with E-state index in [1.54, 1.807) is 0 Å². The fourth-order valence-corrected chi connectivity index (χ4v) is 1.01. The van der Waals surface area contributed by atoms with Crippen molar-refractivity contribution in [2.24, 2.45) is 5.73 Å². The lowest BCUT2D eigenvalue weighted by Gasteiger charge is -2.25. The summed E-state index contributed by atoms with van der Waals surface area (Å²) in [5, 5.41) is 0. The number of nitrogens with zero attached hydrogens (tertiary/aromatic N) is 1. The van der Waals surface area contributed by atoms with E-state index in [-0.39, 0.29) is 12.3 Å². The molecule has 1 aliphatic rings. The van der Waals surface area contributed by atoms with Crippen LogP contribution in [0.3, 0.4) is 0 Å². The lowest BCUT2D eigenvalue weighted by Crippen LogP contribution is -2.39. The second kappa shape index (κ2) is 7.90. The van der Waals surface area contributed by atoms with Crippen molar-refractivity contribution in [3.05, 3.63) is 0 Å². The quantitative estimate of drug-likeness (QED) is 0.514. The molecule has 5 heteroatoms. The van der Waals surface area contributed by atoms with Crippen LogP contribution in [0, 0.1) is 0 Å². The van der Waals surface area contributed by atoms with Gasteiger partial charge in [0.05, 0.1) is 13.2 Å². The largest absolute Gasteiger partial charge is 0.379 e. The Bertz CT molecular complexity index is 72.2. The highest BCUT2D eigenvalue weighted by Crippen LogP contribution is 1.93. The molecule has 0 aliphatic carbocycles. The molecule has 1 saturated heterocycles.